The van der Waals surface area contributed by atoms with Crippen molar-refractivity contribution >= 4 is 22.6 Å². The van der Waals surface area contributed by atoms with Crippen LogP contribution in [0, 0.1) is 3.57 Å². The van der Waals surface area contributed by atoms with Crippen molar-refractivity contribution in [2.24, 2.45) is 0 Å². The van der Waals surface area contributed by atoms with Crippen molar-refractivity contribution in [3.8, 4) is 0 Å². The Bertz CT molecular complexity index is 275. The summed E-state index contributed by atoms with van der Waals surface area (Å²) in [4.78, 5) is 0. The van der Waals surface area contributed by atoms with Crippen molar-refractivity contribution in [3.05, 3.63) is 33.4 Å². The van der Waals surface area contributed by atoms with Crippen LogP contribution in [-0.4, -0.2) is 22.9 Å². The highest BCUT2D eigenvalue weighted by molar-refractivity contribution is 14.1. The fraction of sp³-hybridized carbons (Fsp3) is 0.400. The highest BCUT2D eigenvalue weighted by atomic mass is 127. The van der Waals surface area contributed by atoms with Crippen LogP contribution in [0.15, 0.2) is 24.3 Å². The lowest BCUT2D eigenvalue weighted by Gasteiger charge is -2.16. The monoisotopic (exact) mass is 292 g/mol. The molecule has 0 aromatic heterocycles. The molecule has 0 amide bonds. The fourth-order valence-electron chi connectivity index (χ4n) is 1.17. The average Bonchev–Trinajstić information content (AvgIpc) is 2.15. The first-order valence-electron chi connectivity index (χ1n) is 4.19. The summed E-state index contributed by atoms with van der Waals surface area (Å²) in [7, 11) is 0. The van der Waals surface area contributed by atoms with E-state index in [4.69, 9.17) is 5.11 Å². The molecule has 0 fully saturated rings. The quantitative estimate of drug-likeness (QED) is 0.833. The van der Waals surface area contributed by atoms with Gasteiger partial charge in [0, 0.05) is 9.49 Å². The molecule has 0 aliphatic carbocycles. The van der Waals surface area contributed by atoms with Crippen LogP contribution in [-0.2, 0) is 0 Å². The minimum atomic E-state index is -0.668. The van der Waals surface area contributed by atoms with Crippen LogP contribution in [0.25, 0.3) is 0 Å². The van der Waals surface area contributed by atoms with Crippen molar-refractivity contribution in [2.75, 3.05) is 6.61 Å². The van der Waals surface area contributed by atoms with E-state index in [0.29, 0.717) is 0 Å². The van der Waals surface area contributed by atoms with E-state index in [2.05, 4.69) is 22.6 Å². The van der Waals surface area contributed by atoms with E-state index in [9.17, 15) is 5.11 Å². The summed E-state index contributed by atoms with van der Waals surface area (Å²) in [6, 6.07) is 7.94. The standard InChI is InChI=1S/C10H13IO2/c1-7(10(13)6-12)8-3-2-4-9(11)5-8/h2-5,7,10,12-13H,6H2,1H3/t7-,10-/m0/s1. The van der Waals surface area contributed by atoms with Crippen LogP contribution in [0.1, 0.15) is 18.4 Å². The Morgan fingerprint density at radius 3 is 2.69 bits per heavy atom. The van der Waals surface area contributed by atoms with Crippen molar-refractivity contribution in [1.82, 2.24) is 0 Å². The maximum Gasteiger partial charge on any atom is 0.0836 e. The topological polar surface area (TPSA) is 40.5 Å². The van der Waals surface area contributed by atoms with Gasteiger partial charge >= 0.3 is 0 Å². The molecule has 72 valence electrons. The molecule has 0 saturated heterocycles. The van der Waals surface area contributed by atoms with Crippen LogP contribution in [0.4, 0.5) is 0 Å². The second-order valence-electron chi connectivity index (χ2n) is 3.09. The van der Waals surface area contributed by atoms with Crippen molar-refractivity contribution in [2.45, 2.75) is 18.9 Å². The van der Waals surface area contributed by atoms with E-state index < -0.39 is 6.10 Å². The van der Waals surface area contributed by atoms with E-state index in [1.54, 1.807) is 0 Å². The Balaban J connectivity index is 2.82. The van der Waals surface area contributed by atoms with Crippen molar-refractivity contribution in [3.63, 3.8) is 0 Å². The zero-order valence-corrected chi connectivity index (χ0v) is 9.60. The van der Waals surface area contributed by atoms with Crippen molar-refractivity contribution < 1.29 is 10.2 Å². The molecule has 0 spiro atoms. The molecule has 0 saturated carbocycles. The first-order valence-corrected chi connectivity index (χ1v) is 5.27. The van der Waals surface area contributed by atoms with E-state index >= 15 is 0 Å². The zero-order chi connectivity index (χ0) is 9.84. The van der Waals surface area contributed by atoms with Gasteiger partial charge in [0.1, 0.15) is 0 Å². The predicted octanol–water partition coefficient (Wildman–Crippen LogP) is 1.75. The van der Waals surface area contributed by atoms with Gasteiger partial charge in [-0.05, 0) is 40.3 Å². The Morgan fingerprint density at radius 1 is 1.46 bits per heavy atom. The van der Waals surface area contributed by atoms with Crippen LogP contribution >= 0.6 is 22.6 Å². The van der Waals surface area contributed by atoms with E-state index in [-0.39, 0.29) is 12.5 Å². The molecule has 1 aromatic rings. The van der Waals surface area contributed by atoms with Gasteiger partial charge in [0.15, 0.2) is 0 Å². The summed E-state index contributed by atoms with van der Waals surface area (Å²) in [6.07, 6.45) is -0.668. The molecular formula is C10H13IO2. The zero-order valence-electron chi connectivity index (χ0n) is 7.44. The number of hydrogen-bond acceptors (Lipinski definition) is 2. The second kappa shape index (κ2) is 4.93. The predicted molar refractivity (Wildman–Crippen MR) is 60.7 cm³/mol. The third-order valence-electron chi connectivity index (χ3n) is 2.14. The van der Waals surface area contributed by atoms with E-state index in [0.717, 1.165) is 9.13 Å². The first-order chi connectivity index (χ1) is 6.15. The van der Waals surface area contributed by atoms with Gasteiger partial charge in [-0.3, -0.25) is 0 Å². The van der Waals surface area contributed by atoms with Gasteiger partial charge in [0.05, 0.1) is 12.7 Å². The molecule has 0 aliphatic heterocycles. The SMILES string of the molecule is C[C@@H](c1cccc(I)c1)[C@@H](O)CO. The lowest BCUT2D eigenvalue weighted by atomic mass is 9.96. The lowest BCUT2D eigenvalue weighted by molar-refractivity contribution is 0.0772. The second-order valence-corrected chi connectivity index (χ2v) is 4.34. The molecule has 2 N–H and O–H groups in total. The van der Waals surface area contributed by atoms with Gasteiger partial charge in [0.25, 0.3) is 0 Å². The average molecular weight is 292 g/mol. The third kappa shape index (κ3) is 2.93. The van der Waals surface area contributed by atoms with Gasteiger partial charge in [0.2, 0.25) is 0 Å². The fourth-order valence-corrected chi connectivity index (χ4v) is 1.74. The lowest BCUT2D eigenvalue weighted by Crippen LogP contribution is -2.19. The largest absolute Gasteiger partial charge is 0.394 e. The molecule has 1 rings (SSSR count). The molecule has 2 nitrogen and oxygen atoms in total. The molecule has 0 bridgehead atoms. The maximum absolute atomic E-state index is 9.42. The Labute approximate surface area is 91.7 Å². The van der Waals surface area contributed by atoms with Crippen LogP contribution < -0.4 is 0 Å². The summed E-state index contributed by atoms with van der Waals surface area (Å²) in [5, 5.41) is 18.2. The number of rotatable bonds is 3. The number of aliphatic hydroxyl groups is 2. The summed E-state index contributed by atoms with van der Waals surface area (Å²) >= 11 is 2.23. The Kier molecular flexibility index (Phi) is 4.15. The minimum absolute atomic E-state index is 0.0142. The highest BCUT2D eigenvalue weighted by Gasteiger charge is 2.14. The highest BCUT2D eigenvalue weighted by Crippen LogP contribution is 2.20. The molecule has 2 atom stereocenters. The number of hydrogen-bond donors (Lipinski definition) is 2. The summed E-state index contributed by atoms with van der Waals surface area (Å²) < 4.78 is 1.15. The number of benzene rings is 1. The molecule has 0 radical (unpaired) electrons. The summed E-state index contributed by atoms with van der Waals surface area (Å²) in [6.45, 7) is 1.72. The number of halogens is 1. The van der Waals surface area contributed by atoms with Gasteiger partial charge in [-0.25, -0.2) is 0 Å². The van der Waals surface area contributed by atoms with Gasteiger partial charge in [-0.2, -0.15) is 0 Å². The van der Waals surface area contributed by atoms with Crippen LogP contribution in [0.2, 0.25) is 0 Å². The summed E-state index contributed by atoms with van der Waals surface area (Å²) in [5.41, 5.74) is 1.06. The van der Waals surface area contributed by atoms with Gasteiger partial charge in [-0.15, -0.1) is 0 Å². The molecule has 13 heavy (non-hydrogen) atoms. The van der Waals surface area contributed by atoms with Gasteiger partial charge in [-0.1, -0.05) is 19.1 Å². The number of aliphatic hydroxyl groups excluding tert-OH is 2. The molecule has 0 aliphatic rings. The molecule has 3 heteroatoms. The third-order valence-corrected chi connectivity index (χ3v) is 2.81. The smallest absolute Gasteiger partial charge is 0.0836 e. The van der Waals surface area contributed by atoms with Crippen LogP contribution in [0.3, 0.4) is 0 Å². The molecule has 1 aromatic carbocycles. The van der Waals surface area contributed by atoms with Crippen molar-refractivity contribution in [1.29, 1.82) is 0 Å². The van der Waals surface area contributed by atoms with Gasteiger partial charge < -0.3 is 10.2 Å². The summed E-state index contributed by atoms with van der Waals surface area (Å²) in [5.74, 6) is -0.0142. The molecule has 0 unspecified atom stereocenters. The maximum atomic E-state index is 9.42. The Morgan fingerprint density at radius 2 is 2.15 bits per heavy atom. The molecule has 0 heterocycles. The Hall–Kier alpha value is -0.130. The minimum Gasteiger partial charge on any atom is -0.394 e. The van der Waals surface area contributed by atoms with E-state index in [1.807, 2.05) is 31.2 Å². The first kappa shape index (κ1) is 10.9. The normalized spacial score (nSPS) is 15.4. The van der Waals surface area contributed by atoms with Crippen LogP contribution in [0.5, 0.6) is 0 Å². The van der Waals surface area contributed by atoms with E-state index in [1.165, 1.54) is 0 Å². The molecular weight excluding hydrogens is 279 g/mol.